The van der Waals surface area contributed by atoms with Crippen LogP contribution in [0.25, 0.3) is 0 Å². The van der Waals surface area contributed by atoms with Gasteiger partial charge in [-0.2, -0.15) is 0 Å². The maximum Gasteiger partial charge on any atom is 0.132 e. The van der Waals surface area contributed by atoms with E-state index >= 15 is 0 Å². The Morgan fingerprint density at radius 1 is 0.333 bits per heavy atom. The van der Waals surface area contributed by atoms with Gasteiger partial charge in [-0.15, -0.1) is 0 Å². The van der Waals surface area contributed by atoms with E-state index in [1.54, 1.807) is 24.3 Å². The van der Waals surface area contributed by atoms with Gasteiger partial charge in [0.2, 0.25) is 0 Å². The summed E-state index contributed by atoms with van der Waals surface area (Å²) >= 11 is 0. The molecular weight excluding hydrogens is 240 g/mol. The van der Waals surface area contributed by atoms with Gasteiger partial charge in [-0.3, -0.25) is 0 Å². The Labute approximate surface area is 104 Å². The topological polar surface area (TPSA) is 55.4 Å². The van der Waals surface area contributed by atoms with E-state index in [9.17, 15) is 0 Å². The van der Waals surface area contributed by atoms with Crippen LogP contribution in [0.5, 0.6) is 0 Å². The molecule has 0 spiro atoms. The molecule has 0 fully saturated rings. The lowest BCUT2D eigenvalue weighted by Gasteiger charge is -1.96. The van der Waals surface area contributed by atoms with Crippen molar-refractivity contribution < 1.29 is 29.9 Å². The smallest absolute Gasteiger partial charge is 0.132 e. The Hall–Kier alpha value is -2.12. The standard InChI is InChI=1S/C12H12O6/c1-2-4-6-8-10-12-14-16-18-17-15-13-11-9-7-5-3-1/h1-12H/b3-1-,4-2-,7-5-,8-6+,11-9-,12-10-. The van der Waals surface area contributed by atoms with E-state index in [1.807, 2.05) is 36.5 Å². The number of rotatable bonds is 0. The van der Waals surface area contributed by atoms with E-state index in [-0.39, 0.29) is 0 Å². The van der Waals surface area contributed by atoms with E-state index < -0.39 is 0 Å². The van der Waals surface area contributed by atoms with Crippen LogP contribution in [-0.4, -0.2) is 0 Å². The van der Waals surface area contributed by atoms with E-state index in [2.05, 4.69) is 29.9 Å². The van der Waals surface area contributed by atoms with Crippen molar-refractivity contribution in [3.63, 3.8) is 0 Å². The van der Waals surface area contributed by atoms with Crippen molar-refractivity contribution in [3.8, 4) is 0 Å². The minimum absolute atomic E-state index is 1.23. The molecule has 0 radical (unpaired) electrons. The highest BCUT2D eigenvalue weighted by molar-refractivity contribution is 5.18. The Balaban J connectivity index is 2.42. The van der Waals surface area contributed by atoms with Crippen LogP contribution < -0.4 is 0 Å². The van der Waals surface area contributed by atoms with Crippen LogP contribution in [0.1, 0.15) is 0 Å². The van der Waals surface area contributed by atoms with Crippen LogP contribution in [0, 0.1) is 0 Å². The molecule has 0 aromatic rings. The normalized spacial score (nSPS) is 28.4. The minimum Gasteiger partial charge on any atom is -0.314 e. The molecule has 0 aromatic carbocycles. The molecule has 0 aliphatic carbocycles. The number of allylic oxidation sites excluding steroid dienone is 10. The quantitative estimate of drug-likeness (QED) is 0.618. The first-order valence-electron chi connectivity index (χ1n) is 4.97. The van der Waals surface area contributed by atoms with E-state index in [4.69, 9.17) is 0 Å². The van der Waals surface area contributed by atoms with Gasteiger partial charge >= 0.3 is 0 Å². The lowest BCUT2D eigenvalue weighted by Crippen LogP contribution is -1.95. The zero-order chi connectivity index (χ0) is 12.7. The van der Waals surface area contributed by atoms with Gasteiger partial charge in [0.1, 0.15) is 12.5 Å². The molecule has 1 heterocycles. The fraction of sp³-hybridized carbons (Fsp3) is 0. The monoisotopic (exact) mass is 252 g/mol. The zero-order valence-electron chi connectivity index (χ0n) is 9.38. The third-order valence-electron chi connectivity index (χ3n) is 1.43. The molecule has 0 amide bonds. The molecule has 0 unspecified atom stereocenters. The van der Waals surface area contributed by atoms with Crippen LogP contribution in [0.3, 0.4) is 0 Å². The molecule has 0 saturated carbocycles. The first kappa shape index (κ1) is 13.9. The van der Waals surface area contributed by atoms with Gasteiger partial charge in [-0.25, -0.2) is 0 Å². The van der Waals surface area contributed by atoms with Crippen LogP contribution in [-0.2, 0) is 29.9 Å². The van der Waals surface area contributed by atoms with E-state index in [1.165, 1.54) is 12.5 Å². The lowest BCUT2D eigenvalue weighted by atomic mass is 10.4. The summed E-state index contributed by atoms with van der Waals surface area (Å²) in [6, 6.07) is 0. The molecule has 0 N–H and O–H groups in total. The van der Waals surface area contributed by atoms with Gasteiger partial charge in [0.25, 0.3) is 0 Å². The SMILES string of the molecule is C1=C\C=C/C=C/C=C\OOOOOO/C=C\C=C/1. The van der Waals surface area contributed by atoms with Gasteiger partial charge in [0.05, 0.1) is 0 Å². The summed E-state index contributed by atoms with van der Waals surface area (Å²) in [7, 11) is 0. The Bertz CT molecular complexity index is 329. The zero-order valence-corrected chi connectivity index (χ0v) is 9.38. The third-order valence-corrected chi connectivity index (χ3v) is 1.43. The Morgan fingerprint density at radius 2 is 0.667 bits per heavy atom. The molecular formula is C12H12O6. The van der Waals surface area contributed by atoms with E-state index in [0.29, 0.717) is 0 Å². The Morgan fingerprint density at radius 3 is 1.06 bits per heavy atom. The predicted octanol–water partition coefficient (Wildman–Crippen LogP) is 2.93. The average molecular weight is 252 g/mol. The maximum atomic E-state index is 4.40. The summed E-state index contributed by atoms with van der Waals surface area (Å²) in [5.41, 5.74) is 0. The minimum atomic E-state index is 1.23. The second kappa shape index (κ2) is 11.4. The second-order valence-electron chi connectivity index (χ2n) is 2.66. The molecule has 1 aliphatic rings. The summed E-state index contributed by atoms with van der Waals surface area (Å²) in [5, 5.41) is 16.0. The molecule has 0 atom stereocenters. The van der Waals surface area contributed by atoms with Crippen molar-refractivity contribution in [1.82, 2.24) is 0 Å². The van der Waals surface area contributed by atoms with Crippen LogP contribution in [0.2, 0.25) is 0 Å². The van der Waals surface area contributed by atoms with E-state index in [0.717, 1.165) is 0 Å². The lowest BCUT2D eigenvalue weighted by molar-refractivity contribution is -0.746. The Kier molecular flexibility index (Phi) is 8.81. The fourth-order valence-electron chi connectivity index (χ4n) is 0.768. The summed E-state index contributed by atoms with van der Waals surface area (Å²) in [5.74, 6) is 0. The van der Waals surface area contributed by atoms with Crippen LogP contribution >= 0.6 is 0 Å². The van der Waals surface area contributed by atoms with Gasteiger partial charge in [0, 0.05) is 20.2 Å². The largest absolute Gasteiger partial charge is 0.314 e. The highest BCUT2D eigenvalue weighted by Crippen LogP contribution is 1.91. The van der Waals surface area contributed by atoms with Gasteiger partial charge in [-0.1, -0.05) is 48.6 Å². The molecule has 6 nitrogen and oxygen atoms in total. The van der Waals surface area contributed by atoms with Crippen molar-refractivity contribution in [2.45, 2.75) is 0 Å². The number of hydrogen-bond donors (Lipinski definition) is 0. The summed E-state index contributed by atoms with van der Waals surface area (Å²) in [6.45, 7) is 0. The molecule has 1 rings (SSSR count). The highest BCUT2D eigenvalue weighted by atomic mass is 17.8. The molecule has 1 aliphatic heterocycles. The summed E-state index contributed by atoms with van der Waals surface area (Å²) in [6.07, 6.45) is 20.2. The second-order valence-corrected chi connectivity index (χ2v) is 2.66. The first-order chi connectivity index (χ1) is 9.00. The third kappa shape index (κ3) is 9.13. The van der Waals surface area contributed by atoms with Gasteiger partial charge in [0.15, 0.2) is 0 Å². The molecule has 18 heavy (non-hydrogen) atoms. The molecule has 96 valence electrons. The van der Waals surface area contributed by atoms with Gasteiger partial charge in [-0.05, 0) is 12.2 Å². The summed E-state index contributed by atoms with van der Waals surface area (Å²) in [4.78, 5) is 8.79. The molecule has 0 bridgehead atoms. The summed E-state index contributed by atoms with van der Waals surface area (Å²) < 4.78 is 0. The molecule has 0 saturated heterocycles. The average Bonchev–Trinajstić information content (AvgIpc) is 2.39. The maximum absolute atomic E-state index is 4.40. The van der Waals surface area contributed by atoms with Crippen molar-refractivity contribution >= 4 is 0 Å². The van der Waals surface area contributed by atoms with Gasteiger partial charge < -0.3 is 9.78 Å². The highest BCUT2D eigenvalue weighted by Gasteiger charge is 1.88. The van der Waals surface area contributed by atoms with Crippen molar-refractivity contribution in [1.29, 1.82) is 0 Å². The molecule has 6 heteroatoms. The van der Waals surface area contributed by atoms with Crippen molar-refractivity contribution in [2.75, 3.05) is 0 Å². The molecule has 0 aromatic heterocycles. The van der Waals surface area contributed by atoms with Crippen molar-refractivity contribution in [2.24, 2.45) is 0 Å². The number of hydrogen-bond acceptors (Lipinski definition) is 6. The first-order valence-corrected chi connectivity index (χ1v) is 4.97. The fourth-order valence-corrected chi connectivity index (χ4v) is 0.768. The van der Waals surface area contributed by atoms with Crippen molar-refractivity contribution in [3.05, 3.63) is 73.3 Å². The van der Waals surface area contributed by atoms with Crippen LogP contribution in [0.15, 0.2) is 73.3 Å². The van der Waals surface area contributed by atoms with Crippen LogP contribution in [0.4, 0.5) is 0 Å². The predicted molar refractivity (Wildman–Crippen MR) is 61.4 cm³/mol.